The number of thiazole rings is 1. The Kier molecular flexibility index (Phi) is 6.20. The lowest BCUT2D eigenvalue weighted by molar-refractivity contribution is -0.118. The van der Waals surface area contributed by atoms with Crippen molar-refractivity contribution in [3.8, 4) is 11.3 Å². The van der Waals surface area contributed by atoms with Crippen molar-refractivity contribution in [2.24, 2.45) is 0 Å². The van der Waals surface area contributed by atoms with Crippen molar-refractivity contribution in [2.45, 2.75) is 24.1 Å². The lowest BCUT2D eigenvalue weighted by atomic mass is 10.2. The van der Waals surface area contributed by atoms with Gasteiger partial charge in [0.15, 0.2) is 4.34 Å². The highest BCUT2D eigenvalue weighted by Gasteiger charge is 2.08. The summed E-state index contributed by atoms with van der Waals surface area (Å²) >= 11 is 2.92. The van der Waals surface area contributed by atoms with Gasteiger partial charge in [-0.15, -0.1) is 11.3 Å². The van der Waals surface area contributed by atoms with E-state index in [4.69, 9.17) is 0 Å². The van der Waals surface area contributed by atoms with E-state index in [1.165, 1.54) is 35.2 Å². The Morgan fingerprint density at radius 3 is 2.86 bits per heavy atom. The van der Waals surface area contributed by atoms with Gasteiger partial charge in [0.2, 0.25) is 5.91 Å². The number of hydrogen-bond donors (Lipinski definition) is 1. The molecule has 6 heteroatoms. The van der Waals surface area contributed by atoms with E-state index < -0.39 is 0 Å². The summed E-state index contributed by atoms with van der Waals surface area (Å²) in [6.07, 6.45) is 2.07. The molecule has 0 bridgehead atoms. The lowest BCUT2D eigenvalue weighted by Crippen LogP contribution is -2.25. The second-order valence-electron chi connectivity index (χ2n) is 4.50. The van der Waals surface area contributed by atoms with Crippen molar-refractivity contribution in [2.75, 3.05) is 12.3 Å². The van der Waals surface area contributed by atoms with E-state index in [1.807, 2.05) is 5.38 Å². The number of rotatable bonds is 7. The maximum absolute atomic E-state index is 12.9. The van der Waals surface area contributed by atoms with E-state index >= 15 is 0 Å². The number of nitrogens with zero attached hydrogens (tertiary/aromatic N) is 1. The molecule has 2 rings (SSSR count). The van der Waals surface area contributed by atoms with Crippen LogP contribution in [0.5, 0.6) is 0 Å². The Morgan fingerprint density at radius 1 is 1.38 bits per heavy atom. The summed E-state index contributed by atoms with van der Waals surface area (Å²) in [5.41, 5.74) is 1.70. The monoisotopic (exact) mass is 324 g/mol. The molecule has 0 fully saturated rings. The minimum atomic E-state index is -0.257. The maximum atomic E-state index is 12.9. The fourth-order valence-corrected chi connectivity index (χ4v) is 3.32. The number of unbranched alkanes of at least 4 members (excludes halogenated alkanes) is 1. The molecular weight excluding hydrogens is 307 g/mol. The molecule has 0 saturated carbocycles. The molecule has 1 aromatic heterocycles. The zero-order valence-electron chi connectivity index (χ0n) is 11.8. The van der Waals surface area contributed by atoms with Crippen LogP contribution in [0.3, 0.4) is 0 Å². The van der Waals surface area contributed by atoms with Crippen LogP contribution in [-0.4, -0.2) is 23.2 Å². The molecule has 3 nitrogen and oxygen atoms in total. The Bertz CT molecular complexity index is 584. The molecule has 0 spiro atoms. The van der Waals surface area contributed by atoms with Gasteiger partial charge in [0, 0.05) is 17.5 Å². The van der Waals surface area contributed by atoms with Crippen LogP contribution in [0.1, 0.15) is 19.8 Å². The van der Waals surface area contributed by atoms with Crippen molar-refractivity contribution >= 4 is 29.0 Å². The molecule has 0 atom stereocenters. The Balaban J connectivity index is 1.86. The second kappa shape index (κ2) is 8.14. The van der Waals surface area contributed by atoms with Crippen LogP contribution in [-0.2, 0) is 4.79 Å². The molecule has 0 aliphatic rings. The van der Waals surface area contributed by atoms with E-state index in [-0.39, 0.29) is 11.7 Å². The van der Waals surface area contributed by atoms with Gasteiger partial charge in [-0.2, -0.15) is 0 Å². The number of carbonyl (C=O) groups is 1. The zero-order chi connectivity index (χ0) is 15.1. The zero-order valence-corrected chi connectivity index (χ0v) is 13.4. The maximum Gasteiger partial charge on any atom is 0.230 e. The van der Waals surface area contributed by atoms with Crippen molar-refractivity contribution < 1.29 is 9.18 Å². The highest BCUT2D eigenvalue weighted by atomic mass is 32.2. The van der Waals surface area contributed by atoms with Gasteiger partial charge >= 0.3 is 0 Å². The number of carbonyl (C=O) groups excluding carboxylic acids is 1. The summed E-state index contributed by atoms with van der Waals surface area (Å²) in [6.45, 7) is 2.82. The molecule has 0 unspecified atom stereocenters. The van der Waals surface area contributed by atoms with Crippen molar-refractivity contribution in [1.82, 2.24) is 10.3 Å². The quantitative estimate of drug-likeness (QED) is 0.619. The summed E-state index contributed by atoms with van der Waals surface area (Å²) in [7, 11) is 0. The summed E-state index contributed by atoms with van der Waals surface area (Å²) in [5, 5.41) is 4.80. The van der Waals surface area contributed by atoms with Crippen LogP contribution in [0.2, 0.25) is 0 Å². The van der Waals surface area contributed by atoms with Crippen LogP contribution >= 0.6 is 23.1 Å². The van der Waals surface area contributed by atoms with Gasteiger partial charge in [-0.05, 0) is 30.7 Å². The smallest absolute Gasteiger partial charge is 0.230 e. The standard InChI is InChI=1S/C15H17FN2OS2/c1-2-3-8-17-14(19)10-21-15-18-13(9-20-15)11-4-6-12(16)7-5-11/h4-7,9H,2-3,8,10H2,1H3,(H,17,19). The van der Waals surface area contributed by atoms with E-state index in [1.54, 1.807) is 12.1 Å². The van der Waals surface area contributed by atoms with Crippen LogP contribution in [0.4, 0.5) is 4.39 Å². The average molecular weight is 324 g/mol. The molecule has 1 aromatic carbocycles. The van der Waals surface area contributed by atoms with Crippen molar-refractivity contribution in [3.05, 3.63) is 35.5 Å². The van der Waals surface area contributed by atoms with Crippen molar-refractivity contribution in [1.29, 1.82) is 0 Å². The summed E-state index contributed by atoms with van der Waals surface area (Å²) in [4.78, 5) is 16.1. The third kappa shape index (κ3) is 5.13. The third-order valence-corrected chi connectivity index (χ3v) is 4.82. The minimum absolute atomic E-state index is 0.0342. The molecule has 0 aliphatic heterocycles. The first-order chi connectivity index (χ1) is 10.2. The topological polar surface area (TPSA) is 42.0 Å². The third-order valence-electron chi connectivity index (χ3n) is 2.80. The molecule has 2 aromatic rings. The first kappa shape index (κ1) is 16.0. The number of amides is 1. The fourth-order valence-electron chi connectivity index (χ4n) is 1.66. The highest BCUT2D eigenvalue weighted by Crippen LogP contribution is 2.28. The predicted molar refractivity (Wildman–Crippen MR) is 86.1 cm³/mol. The van der Waals surface area contributed by atoms with Crippen LogP contribution in [0, 0.1) is 5.82 Å². The molecule has 1 heterocycles. The number of thioether (sulfide) groups is 1. The SMILES string of the molecule is CCCCNC(=O)CSc1nc(-c2ccc(F)cc2)cs1. The molecule has 21 heavy (non-hydrogen) atoms. The van der Waals surface area contributed by atoms with Crippen molar-refractivity contribution in [3.63, 3.8) is 0 Å². The number of aromatic nitrogens is 1. The molecule has 112 valence electrons. The second-order valence-corrected chi connectivity index (χ2v) is 6.58. The Labute approximate surface area is 132 Å². The molecule has 0 saturated heterocycles. The van der Waals surface area contributed by atoms with Gasteiger partial charge < -0.3 is 5.32 Å². The van der Waals surface area contributed by atoms with Crippen LogP contribution in [0.25, 0.3) is 11.3 Å². The van der Waals surface area contributed by atoms with E-state index in [9.17, 15) is 9.18 Å². The van der Waals surface area contributed by atoms with Gasteiger partial charge in [-0.25, -0.2) is 9.37 Å². The normalized spacial score (nSPS) is 10.6. The lowest BCUT2D eigenvalue weighted by Gasteiger charge is -2.02. The predicted octanol–water partition coefficient (Wildman–Crippen LogP) is 3.96. The number of hydrogen-bond acceptors (Lipinski definition) is 4. The van der Waals surface area contributed by atoms with Crippen LogP contribution < -0.4 is 5.32 Å². The number of benzene rings is 1. The summed E-state index contributed by atoms with van der Waals surface area (Å²) in [5.74, 6) is 0.152. The summed E-state index contributed by atoms with van der Waals surface area (Å²) in [6, 6.07) is 6.25. The van der Waals surface area contributed by atoms with Gasteiger partial charge in [0.05, 0.1) is 11.4 Å². The average Bonchev–Trinajstić information content (AvgIpc) is 2.95. The number of halogens is 1. The molecular formula is C15H17FN2OS2. The summed E-state index contributed by atoms with van der Waals surface area (Å²) < 4.78 is 13.7. The molecule has 1 N–H and O–H groups in total. The first-order valence-electron chi connectivity index (χ1n) is 6.80. The molecule has 1 amide bonds. The van der Waals surface area contributed by atoms with Gasteiger partial charge in [0.25, 0.3) is 0 Å². The fraction of sp³-hybridized carbons (Fsp3) is 0.333. The molecule has 0 radical (unpaired) electrons. The van der Waals surface area contributed by atoms with Crippen LogP contribution in [0.15, 0.2) is 34.0 Å². The van der Waals surface area contributed by atoms with Gasteiger partial charge in [0.1, 0.15) is 5.82 Å². The Hall–Kier alpha value is -1.40. The van der Waals surface area contributed by atoms with Gasteiger partial charge in [-0.3, -0.25) is 4.79 Å². The van der Waals surface area contributed by atoms with Gasteiger partial charge in [-0.1, -0.05) is 25.1 Å². The first-order valence-corrected chi connectivity index (χ1v) is 8.66. The van der Waals surface area contributed by atoms with E-state index in [2.05, 4.69) is 17.2 Å². The Morgan fingerprint density at radius 2 is 2.14 bits per heavy atom. The molecule has 0 aliphatic carbocycles. The minimum Gasteiger partial charge on any atom is -0.355 e. The number of nitrogens with one attached hydrogen (secondary N) is 1. The highest BCUT2D eigenvalue weighted by molar-refractivity contribution is 8.01. The van der Waals surface area contributed by atoms with E-state index in [0.717, 1.165) is 35.0 Å². The largest absolute Gasteiger partial charge is 0.355 e. The van der Waals surface area contributed by atoms with E-state index in [0.29, 0.717) is 5.75 Å².